The number of anilines is 1. The molecule has 0 atom stereocenters. The SMILES string of the molecule is COC(=O)CC#Cc1cc(C(=O)O)ccc1N. The van der Waals surface area contributed by atoms with Gasteiger partial charge in [0.2, 0.25) is 0 Å². The number of carbonyl (C=O) groups is 2. The van der Waals surface area contributed by atoms with Crippen molar-refractivity contribution in [3.63, 3.8) is 0 Å². The van der Waals surface area contributed by atoms with E-state index >= 15 is 0 Å². The number of hydrogen-bond donors (Lipinski definition) is 2. The van der Waals surface area contributed by atoms with E-state index in [1.807, 2.05) is 0 Å². The molecule has 88 valence electrons. The third-order valence-corrected chi connectivity index (χ3v) is 1.98. The molecule has 5 nitrogen and oxygen atoms in total. The minimum Gasteiger partial charge on any atom is -0.478 e. The van der Waals surface area contributed by atoms with Gasteiger partial charge in [0.15, 0.2) is 0 Å². The summed E-state index contributed by atoms with van der Waals surface area (Å²) in [6.07, 6.45) is -0.0623. The van der Waals surface area contributed by atoms with Crippen molar-refractivity contribution in [1.29, 1.82) is 0 Å². The predicted octanol–water partition coefficient (Wildman–Crippen LogP) is 0.882. The zero-order valence-corrected chi connectivity index (χ0v) is 9.19. The Morgan fingerprint density at radius 3 is 2.76 bits per heavy atom. The average molecular weight is 233 g/mol. The van der Waals surface area contributed by atoms with E-state index < -0.39 is 11.9 Å². The van der Waals surface area contributed by atoms with Crippen molar-refractivity contribution < 1.29 is 19.4 Å². The number of esters is 1. The maximum atomic E-state index is 10.8. The molecule has 17 heavy (non-hydrogen) atoms. The maximum absolute atomic E-state index is 10.8. The van der Waals surface area contributed by atoms with Crippen LogP contribution in [0.5, 0.6) is 0 Å². The average Bonchev–Trinajstić information content (AvgIpc) is 2.30. The lowest BCUT2D eigenvalue weighted by atomic mass is 10.1. The van der Waals surface area contributed by atoms with Gasteiger partial charge in [-0.3, -0.25) is 4.79 Å². The van der Waals surface area contributed by atoms with Crippen LogP contribution in [0.4, 0.5) is 5.69 Å². The molecule has 3 N–H and O–H groups in total. The van der Waals surface area contributed by atoms with E-state index in [2.05, 4.69) is 16.6 Å². The third-order valence-electron chi connectivity index (χ3n) is 1.98. The number of benzene rings is 1. The number of carbonyl (C=O) groups excluding carboxylic acids is 1. The fourth-order valence-electron chi connectivity index (χ4n) is 1.08. The van der Waals surface area contributed by atoms with Crippen LogP contribution in [-0.4, -0.2) is 24.2 Å². The molecule has 0 spiro atoms. The van der Waals surface area contributed by atoms with Crippen LogP contribution in [0, 0.1) is 11.8 Å². The second kappa shape index (κ2) is 5.56. The summed E-state index contributed by atoms with van der Waals surface area (Å²) < 4.78 is 4.41. The number of rotatable bonds is 2. The van der Waals surface area contributed by atoms with Gasteiger partial charge in [0, 0.05) is 11.3 Å². The molecule has 0 heterocycles. The van der Waals surface area contributed by atoms with E-state index in [9.17, 15) is 9.59 Å². The second-order valence-corrected chi connectivity index (χ2v) is 3.16. The number of methoxy groups -OCH3 is 1. The summed E-state index contributed by atoms with van der Waals surface area (Å²) >= 11 is 0. The van der Waals surface area contributed by atoms with Gasteiger partial charge in [0.25, 0.3) is 0 Å². The van der Waals surface area contributed by atoms with E-state index in [0.717, 1.165) is 0 Å². The monoisotopic (exact) mass is 233 g/mol. The summed E-state index contributed by atoms with van der Waals surface area (Å²) in [6.45, 7) is 0. The highest BCUT2D eigenvalue weighted by Crippen LogP contribution is 2.13. The van der Waals surface area contributed by atoms with Gasteiger partial charge in [-0.25, -0.2) is 4.79 Å². The molecule has 0 aliphatic rings. The Balaban J connectivity index is 2.93. The Kier molecular flexibility index (Phi) is 4.12. The number of carboxylic acid groups (broad SMARTS) is 1. The van der Waals surface area contributed by atoms with Crippen LogP contribution in [0.25, 0.3) is 0 Å². The van der Waals surface area contributed by atoms with Gasteiger partial charge in [-0.05, 0) is 18.2 Å². The molecule has 1 rings (SSSR count). The minimum atomic E-state index is -1.05. The molecule has 0 saturated heterocycles. The Hall–Kier alpha value is -2.48. The number of nitrogens with two attached hydrogens (primary N) is 1. The number of aromatic carboxylic acids is 1. The Morgan fingerprint density at radius 2 is 2.18 bits per heavy atom. The van der Waals surface area contributed by atoms with E-state index in [-0.39, 0.29) is 12.0 Å². The summed E-state index contributed by atoms with van der Waals surface area (Å²) in [7, 11) is 1.27. The summed E-state index contributed by atoms with van der Waals surface area (Å²) in [5.74, 6) is 3.69. The van der Waals surface area contributed by atoms with Crippen molar-refractivity contribution in [3.8, 4) is 11.8 Å². The minimum absolute atomic E-state index is 0.0623. The van der Waals surface area contributed by atoms with Crippen LogP contribution in [0.1, 0.15) is 22.3 Å². The van der Waals surface area contributed by atoms with Crippen LogP contribution in [0.15, 0.2) is 18.2 Å². The first kappa shape index (κ1) is 12.6. The van der Waals surface area contributed by atoms with Gasteiger partial charge in [0.1, 0.15) is 6.42 Å². The van der Waals surface area contributed by atoms with Gasteiger partial charge in [0.05, 0.1) is 12.7 Å². The number of ether oxygens (including phenoxy) is 1. The smallest absolute Gasteiger partial charge is 0.335 e. The van der Waals surface area contributed by atoms with Crippen LogP contribution in [-0.2, 0) is 9.53 Å². The van der Waals surface area contributed by atoms with E-state index in [4.69, 9.17) is 10.8 Å². The summed E-state index contributed by atoms with van der Waals surface area (Å²) in [4.78, 5) is 21.5. The van der Waals surface area contributed by atoms with Crippen LogP contribution < -0.4 is 5.73 Å². The van der Waals surface area contributed by atoms with Crippen molar-refractivity contribution in [1.82, 2.24) is 0 Å². The molecule has 0 amide bonds. The second-order valence-electron chi connectivity index (χ2n) is 3.16. The molecule has 1 aromatic rings. The molecular formula is C12H11NO4. The van der Waals surface area contributed by atoms with Gasteiger partial charge in [-0.2, -0.15) is 0 Å². The molecular weight excluding hydrogens is 222 g/mol. The molecule has 0 radical (unpaired) electrons. The first-order valence-electron chi connectivity index (χ1n) is 4.73. The summed E-state index contributed by atoms with van der Waals surface area (Å²) in [6, 6.07) is 4.22. The van der Waals surface area contributed by atoms with Crippen molar-refractivity contribution in [3.05, 3.63) is 29.3 Å². The Morgan fingerprint density at radius 1 is 1.47 bits per heavy atom. The highest BCUT2D eigenvalue weighted by molar-refractivity contribution is 5.89. The van der Waals surface area contributed by atoms with Crippen molar-refractivity contribution >= 4 is 17.6 Å². The molecule has 0 bridgehead atoms. The Bertz CT molecular complexity index is 511. The van der Waals surface area contributed by atoms with Gasteiger partial charge in [-0.15, -0.1) is 0 Å². The fraction of sp³-hybridized carbons (Fsp3) is 0.167. The fourth-order valence-corrected chi connectivity index (χ4v) is 1.08. The molecule has 0 aliphatic carbocycles. The lowest BCUT2D eigenvalue weighted by Gasteiger charge is -1.99. The number of nitrogen functional groups attached to an aromatic ring is 1. The summed E-state index contributed by atoms with van der Waals surface area (Å²) in [5.41, 5.74) is 6.48. The van der Waals surface area contributed by atoms with E-state index in [0.29, 0.717) is 11.3 Å². The lowest BCUT2D eigenvalue weighted by molar-refractivity contribution is -0.139. The van der Waals surface area contributed by atoms with Gasteiger partial charge < -0.3 is 15.6 Å². The largest absolute Gasteiger partial charge is 0.478 e. The molecule has 0 aliphatic heterocycles. The topological polar surface area (TPSA) is 89.6 Å². The number of carboxylic acids is 1. The summed E-state index contributed by atoms with van der Waals surface area (Å²) in [5, 5.41) is 8.79. The quantitative estimate of drug-likeness (QED) is 0.449. The van der Waals surface area contributed by atoms with E-state index in [1.54, 1.807) is 0 Å². The van der Waals surface area contributed by atoms with E-state index in [1.165, 1.54) is 25.3 Å². The van der Waals surface area contributed by atoms with Crippen LogP contribution >= 0.6 is 0 Å². The molecule has 1 aromatic carbocycles. The lowest BCUT2D eigenvalue weighted by Crippen LogP contribution is -2.00. The maximum Gasteiger partial charge on any atom is 0.335 e. The number of hydrogen-bond acceptors (Lipinski definition) is 4. The third kappa shape index (κ3) is 3.54. The van der Waals surface area contributed by atoms with Crippen molar-refractivity contribution in [2.75, 3.05) is 12.8 Å². The normalized spacial score (nSPS) is 9.00. The standard InChI is InChI=1S/C12H11NO4/c1-17-11(14)4-2-3-8-7-9(12(15)16)5-6-10(8)13/h5-7H,4,13H2,1H3,(H,15,16). The molecule has 0 unspecified atom stereocenters. The molecule has 0 fully saturated rings. The highest BCUT2D eigenvalue weighted by atomic mass is 16.5. The highest BCUT2D eigenvalue weighted by Gasteiger charge is 2.04. The first-order chi connectivity index (χ1) is 8.04. The van der Waals surface area contributed by atoms with Gasteiger partial charge in [-0.1, -0.05) is 11.8 Å². The zero-order chi connectivity index (χ0) is 12.8. The van der Waals surface area contributed by atoms with Crippen molar-refractivity contribution in [2.24, 2.45) is 0 Å². The molecule has 0 saturated carbocycles. The molecule has 0 aromatic heterocycles. The van der Waals surface area contributed by atoms with Crippen LogP contribution in [0.3, 0.4) is 0 Å². The van der Waals surface area contributed by atoms with Crippen molar-refractivity contribution in [2.45, 2.75) is 6.42 Å². The Labute approximate surface area is 98.2 Å². The predicted molar refractivity (Wildman–Crippen MR) is 61.3 cm³/mol. The first-order valence-corrected chi connectivity index (χ1v) is 4.73. The zero-order valence-electron chi connectivity index (χ0n) is 9.19. The van der Waals surface area contributed by atoms with Crippen LogP contribution in [0.2, 0.25) is 0 Å². The van der Waals surface area contributed by atoms with Gasteiger partial charge >= 0.3 is 11.9 Å². The molecule has 5 heteroatoms.